The van der Waals surface area contributed by atoms with Gasteiger partial charge in [0.25, 0.3) is 5.91 Å². The van der Waals surface area contributed by atoms with Crippen molar-refractivity contribution in [3.63, 3.8) is 0 Å². The van der Waals surface area contributed by atoms with E-state index < -0.39 is 6.10 Å². The van der Waals surface area contributed by atoms with E-state index in [0.29, 0.717) is 19.8 Å². The second kappa shape index (κ2) is 7.29. The molecule has 0 bridgehead atoms. The SMILES string of the molecule is CCc1ccc([C@H]2CCCCCN2C(=O)[C@@H]2COCCO2)o1. The first kappa shape index (κ1) is 15.6. The Morgan fingerprint density at radius 1 is 1.27 bits per heavy atom. The number of carbonyl (C=O) groups excluding carboxylic acids is 1. The van der Waals surface area contributed by atoms with Crippen LogP contribution in [0.5, 0.6) is 0 Å². The number of hydrogen-bond donors (Lipinski definition) is 0. The second-order valence-corrected chi connectivity index (χ2v) is 5.99. The molecule has 2 aliphatic rings. The lowest BCUT2D eigenvalue weighted by molar-refractivity contribution is -0.160. The van der Waals surface area contributed by atoms with Crippen LogP contribution in [0.15, 0.2) is 16.5 Å². The number of rotatable bonds is 3. The molecule has 22 heavy (non-hydrogen) atoms. The molecule has 122 valence electrons. The Kier molecular flexibility index (Phi) is 5.16. The normalized spacial score (nSPS) is 26.7. The van der Waals surface area contributed by atoms with E-state index in [2.05, 4.69) is 6.92 Å². The fourth-order valence-electron chi connectivity index (χ4n) is 3.25. The van der Waals surface area contributed by atoms with Crippen LogP contribution in [0.2, 0.25) is 0 Å². The first-order valence-corrected chi connectivity index (χ1v) is 8.38. The highest BCUT2D eigenvalue weighted by Gasteiger charge is 2.34. The Labute approximate surface area is 131 Å². The summed E-state index contributed by atoms with van der Waals surface area (Å²) in [6.45, 7) is 4.28. The zero-order valence-corrected chi connectivity index (χ0v) is 13.3. The van der Waals surface area contributed by atoms with Crippen molar-refractivity contribution in [2.75, 3.05) is 26.4 Å². The van der Waals surface area contributed by atoms with Crippen LogP contribution in [-0.2, 0) is 20.7 Å². The second-order valence-electron chi connectivity index (χ2n) is 5.99. The highest BCUT2D eigenvalue weighted by atomic mass is 16.6. The van der Waals surface area contributed by atoms with Gasteiger partial charge in [-0.15, -0.1) is 0 Å². The Hall–Kier alpha value is -1.33. The van der Waals surface area contributed by atoms with E-state index in [9.17, 15) is 4.79 Å². The van der Waals surface area contributed by atoms with E-state index in [4.69, 9.17) is 13.9 Å². The molecule has 0 aliphatic carbocycles. The number of carbonyl (C=O) groups is 1. The monoisotopic (exact) mass is 307 g/mol. The maximum atomic E-state index is 12.8. The van der Waals surface area contributed by atoms with Gasteiger partial charge in [0.1, 0.15) is 11.5 Å². The first-order chi connectivity index (χ1) is 10.8. The van der Waals surface area contributed by atoms with Crippen molar-refractivity contribution in [1.82, 2.24) is 4.90 Å². The summed E-state index contributed by atoms with van der Waals surface area (Å²) in [6, 6.07) is 4.07. The van der Waals surface area contributed by atoms with Crippen LogP contribution >= 0.6 is 0 Å². The Bertz CT molecular complexity index is 493. The van der Waals surface area contributed by atoms with E-state index in [0.717, 1.165) is 50.2 Å². The maximum Gasteiger partial charge on any atom is 0.254 e. The standard InChI is InChI=1S/C17H25NO4/c1-2-13-7-8-15(22-13)14-6-4-3-5-9-18(14)17(19)16-12-20-10-11-21-16/h7-8,14,16H,2-6,9-12H2,1H3/t14-,16+/m1/s1. The van der Waals surface area contributed by atoms with Crippen LogP contribution in [0.3, 0.4) is 0 Å². The quantitative estimate of drug-likeness (QED) is 0.861. The van der Waals surface area contributed by atoms with Crippen LogP contribution < -0.4 is 0 Å². The van der Waals surface area contributed by atoms with Crippen molar-refractivity contribution in [2.24, 2.45) is 0 Å². The lowest BCUT2D eigenvalue weighted by atomic mass is 10.1. The number of aryl methyl sites for hydroxylation is 1. The third-order valence-electron chi connectivity index (χ3n) is 4.49. The van der Waals surface area contributed by atoms with Crippen molar-refractivity contribution < 1.29 is 18.7 Å². The largest absolute Gasteiger partial charge is 0.464 e. The first-order valence-electron chi connectivity index (χ1n) is 8.38. The molecule has 1 amide bonds. The lowest BCUT2D eigenvalue weighted by Crippen LogP contribution is -2.46. The van der Waals surface area contributed by atoms with Gasteiger partial charge in [-0.05, 0) is 25.0 Å². The van der Waals surface area contributed by atoms with Gasteiger partial charge >= 0.3 is 0 Å². The molecule has 1 aromatic rings. The summed E-state index contributed by atoms with van der Waals surface area (Å²) in [5.41, 5.74) is 0. The number of likely N-dealkylation sites (tertiary alicyclic amines) is 1. The summed E-state index contributed by atoms with van der Waals surface area (Å²) >= 11 is 0. The minimum atomic E-state index is -0.463. The van der Waals surface area contributed by atoms with Gasteiger partial charge in [0.15, 0.2) is 6.10 Å². The van der Waals surface area contributed by atoms with Crippen molar-refractivity contribution in [3.05, 3.63) is 23.7 Å². The van der Waals surface area contributed by atoms with Crippen molar-refractivity contribution >= 4 is 5.91 Å². The Morgan fingerprint density at radius 2 is 2.18 bits per heavy atom. The van der Waals surface area contributed by atoms with Crippen molar-refractivity contribution in [3.8, 4) is 0 Å². The molecular formula is C17H25NO4. The van der Waals surface area contributed by atoms with Gasteiger partial charge in [0.05, 0.1) is 25.9 Å². The average Bonchev–Trinajstić information content (AvgIpc) is 2.92. The number of furan rings is 1. The van der Waals surface area contributed by atoms with Gasteiger partial charge in [-0.25, -0.2) is 0 Å². The molecule has 3 heterocycles. The molecule has 0 radical (unpaired) electrons. The Morgan fingerprint density at radius 3 is 2.91 bits per heavy atom. The van der Waals surface area contributed by atoms with E-state index >= 15 is 0 Å². The molecule has 2 fully saturated rings. The number of nitrogens with zero attached hydrogens (tertiary/aromatic N) is 1. The van der Waals surface area contributed by atoms with Gasteiger partial charge in [0.2, 0.25) is 0 Å². The summed E-state index contributed by atoms with van der Waals surface area (Å²) in [4.78, 5) is 14.8. The molecule has 2 aliphatic heterocycles. The molecule has 3 rings (SSSR count). The van der Waals surface area contributed by atoms with Crippen LogP contribution in [-0.4, -0.2) is 43.3 Å². The lowest BCUT2D eigenvalue weighted by Gasteiger charge is -2.33. The van der Waals surface area contributed by atoms with Crippen LogP contribution in [0.25, 0.3) is 0 Å². The third-order valence-corrected chi connectivity index (χ3v) is 4.49. The summed E-state index contributed by atoms with van der Waals surface area (Å²) in [5.74, 6) is 1.92. The predicted molar refractivity (Wildman–Crippen MR) is 81.6 cm³/mol. The maximum absolute atomic E-state index is 12.8. The molecule has 0 N–H and O–H groups in total. The number of amides is 1. The fraction of sp³-hybridized carbons (Fsp3) is 0.706. The molecule has 0 unspecified atom stereocenters. The number of ether oxygens (including phenoxy) is 2. The van der Waals surface area contributed by atoms with Crippen LogP contribution in [0.1, 0.15) is 50.2 Å². The summed E-state index contributed by atoms with van der Waals surface area (Å²) in [7, 11) is 0. The van der Waals surface area contributed by atoms with Gasteiger partial charge in [-0.1, -0.05) is 19.8 Å². The zero-order chi connectivity index (χ0) is 15.4. The van der Waals surface area contributed by atoms with Crippen molar-refractivity contribution in [1.29, 1.82) is 0 Å². The topological polar surface area (TPSA) is 51.9 Å². The number of hydrogen-bond acceptors (Lipinski definition) is 4. The smallest absolute Gasteiger partial charge is 0.254 e. The van der Waals surface area contributed by atoms with Gasteiger partial charge < -0.3 is 18.8 Å². The van der Waals surface area contributed by atoms with Gasteiger partial charge in [0, 0.05) is 13.0 Å². The van der Waals surface area contributed by atoms with E-state index in [1.54, 1.807) is 0 Å². The van der Waals surface area contributed by atoms with Crippen molar-refractivity contribution in [2.45, 2.75) is 51.2 Å². The molecule has 2 saturated heterocycles. The van der Waals surface area contributed by atoms with Crippen LogP contribution in [0.4, 0.5) is 0 Å². The third kappa shape index (κ3) is 3.36. The highest BCUT2D eigenvalue weighted by Crippen LogP contribution is 2.32. The van der Waals surface area contributed by atoms with Crippen LogP contribution in [0, 0.1) is 0 Å². The highest BCUT2D eigenvalue weighted by molar-refractivity contribution is 5.81. The average molecular weight is 307 g/mol. The fourth-order valence-corrected chi connectivity index (χ4v) is 3.25. The summed E-state index contributed by atoms with van der Waals surface area (Å²) in [5, 5.41) is 0. The summed E-state index contributed by atoms with van der Waals surface area (Å²) < 4.78 is 16.9. The molecule has 0 aromatic carbocycles. The Balaban J connectivity index is 1.79. The van der Waals surface area contributed by atoms with E-state index in [1.165, 1.54) is 0 Å². The molecule has 5 nitrogen and oxygen atoms in total. The zero-order valence-electron chi connectivity index (χ0n) is 13.3. The van der Waals surface area contributed by atoms with Gasteiger partial charge in [-0.2, -0.15) is 0 Å². The molecule has 0 spiro atoms. The van der Waals surface area contributed by atoms with Gasteiger partial charge in [-0.3, -0.25) is 4.79 Å². The minimum Gasteiger partial charge on any atom is -0.464 e. The van der Waals surface area contributed by atoms with E-state index in [-0.39, 0.29) is 11.9 Å². The molecule has 0 saturated carbocycles. The minimum absolute atomic E-state index is 0.0285. The molecular weight excluding hydrogens is 282 g/mol. The molecule has 1 aromatic heterocycles. The molecule has 2 atom stereocenters. The van der Waals surface area contributed by atoms with E-state index in [1.807, 2.05) is 17.0 Å². The predicted octanol–water partition coefficient (Wildman–Crippen LogP) is 2.70. The molecule has 5 heteroatoms. The summed E-state index contributed by atoms with van der Waals surface area (Å²) in [6.07, 6.45) is 4.69.